The maximum Gasteiger partial charge on any atom is 0.194 e. The molecule has 0 radical (unpaired) electrons. The number of aliphatic imine (C=N–C) groups is 1. The Bertz CT molecular complexity index is 710. The minimum Gasteiger partial charge on any atom is -0.496 e. The van der Waals surface area contributed by atoms with Gasteiger partial charge in [-0.15, -0.1) is 24.0 Å². The molecule has 2 fully saturated rings. The van der Waals surface area contributed by atoms with Crippen LogP contribution in [-0.2, 0) is 16.0 Å². The third kappa shape index (κ3) is 8.06. The zero-order valence-corrected chi connectivity index (χ0v) is 22.8. The molecule has 0 aromatic heterocycles. The Kier molecular flexibility index (Phi) is 12.4. The highest BCUT2D eigenvalue weighted by Gasteiger charge is 2.24. The van der Waals surface area contributed by atoms with Gasteiger partial charge in [0.05, 0.1) is 52.3 Å². The highest BCUT2D eigenvalue weighted by molar-refractivity contribution is 14.0. The Labute approximate surface area is 215 Å². The molecular weight excluding hydrogens is 537 g/mol. The summed E-state index contributed by atoms with van der Waals surface area (Å²) in [7, 11) is 4.93. The van der Waals surface area contributed by atoms with Crippen molar-refractivity contribution in [3.05, 3.63) is 17.7 Å². The van der Waals surface area contributed by atoms with Crippen LogP contribution >= 0.6 is 24.0 Å². The molecule has 1 N–H and O–H groups in total. The fraction of sp³-hybridized carbons (Fsp3) is 0.708. The first-order chi connectivity index (χ1) is 15.7. The molecule has 3 rings (SSSR count). The van der Waals surface area contributed by atoms with E-state index in [0.717, 1.165) is 63.6 Å². The number of benzene rings is 1. The first-order valence-electron chi connectivity index (χ1n) is 11.7. The second-order valence-electron chi connectivity index (χ2n) is 8.19. The van der Waals surface area contributed by atoms with Crippen molar-refractivity contribution in [2.45, 2.75) is 57.8 Å². The molecule has 1 aromatic rings. The number of likely N-dealkylation sites (tertiary alicyclic amines) is 1. The van der Waals surface area contributed by atoms with E-state index in [1.165, 1.54) is 12.8 Å². The van der Waals surface area contributed by atoms with E-state index in [2.05, 4.69) is 17.1 Å². The SMILES string of the molecule is CCNC(=NCc1c(OC)cc(OC)cc1OC)N1CCC(OCC2CCCCO2)CC1.I. The lowest BCUT2D eigenvalue weighted by molar-refractivity contribution is -0.0721. The van der Waals surface area contributed by atoms with Crippen LogP contribution in [0.1, 0.15) is 44.6 Å². The van der Waals surface area contributed by atoms with E-state index >= 15 is 0 Å². The lowest BCUT2D eigenvalue weighted by atomic mass is 10.1. The summed E-state index contributed by atoms with van der Waals surface area (Å²) in [4.78, 5) is 7.20. The molecule has 188 valence electrons. The molecule has 1 atom stereocenters. The van der Waals surface area contributed by atoms with E-state index in [0.29, 0.717) is 29.9 Å². The van der Waals surface area contributed by atoms with E-state index < -0.39 is 0 Å². The second-order valence-corrected chi connectivity index (χ2v) is 8.19. The summed E-state index contributed by atoms with van der Waals surface area (Å²) in [5.41, 5.74) is 0.900. The van der Waals surface area contributed by atoms with Gasteiger partial charge >= 0.3 is 0 Å². The molecule has 0 spiro atoms. The molecule has 8 nitrogen and oxygen atoms in total. The van der Waals surface area contributed by atoms with Crippen molar-refractivity contribution in [1.82, 2.24) is 10.2 Å². The Morgan fingerprint density at radius 1 is 1.06 bits per heavy atom. The summed E-state index contributed by atoms with van der Waals surface area (Å²) in [5, 5.41) is 3.43. The van der Waals surface area contributed by atoms with Crippen LogP contribution in [0, 0.1) is 0 Å². The Morgan fingerprint density at radius 2 is 1.76 bits per heavy atom. The van der Waals surface area contributed by atoms with Gasteiger partial charge in [-0.05, 0) is 39.0 Å². The Morgan fingerprint density at radius 3 is 2.30 bits per heavy atom. The van der Waals surface area contributed by atoms with Crippen molar-refractivity contribution >= 4 is 29.9 Å². The van der Waals surface area contributed by atoms with Gasteiger partial charge in [-0.1, -0.05) is 0 Å². The molecule has 0 amide bonds. The zero-order chi connectivity index (χ0) is 22.8. The standard InChI is InChI=1S/C24H39N3O5.HI/c1-5-25-24(26-16-21-22(29-3)14-20(28-2)15-23(21)30-4)27-11-9-18(10-12-27)32-17-19-8-6-7-13-31-19;/h14-15,18-19H,5-13,16-17H2,1-4H3,(H,25,26);1H. The van der Waals surface area contributed by atoms with Crippen molar-refractivity contribution in [1.29, 1.82) is 0 Å². The average molecular weight is 578 g/mol. The topological polar surface area (TPSA) is 73.8 Å². The monoisotopic (exact) mass is 577 g/mol. The molecule has 33 heavy (non-hydrogen) atoms. The molecule has 0 bridgehead atoms. The zero-order valence-electron chi connectivity index (χ0n) is 20.4. The Hall–Kier alpha value is -1.46. The number of hydrogen-bond donors (Lipinski definition) is 1. The predicted octanol–water partition coefficient (Wildman–Crippen LogP) is 3.85. The molecule has 2 aliphatic heterocycles. The molecule has 2 aliphatic rings. The molecule has 0 aliphatic carbocycles. The number of nitrogens with zero attached hydrogens (tertiary/aromatic N) is 2. The largest absolute Gasteiger partial charge is 0.496 e. The fourth-order valence-electron chi connectivity index (χ4n) is 4.23. The van der Waals surface area contributed by atoms with E-state index in [-0.39, 0.29) is 30.1 Å². The molecule has 9 heteroatoms. The molecule has 0 saturated carbocycles. The number of hydrogen-bond acceptors (Lipinski definition) is 6. The van der Waals surface area contributed by atoms with Gasteiger partial charge in [0.2, 0.25) is 0 Å². The maximum absolute atomic E-state index is 6.17. The number of nitrogens with one attached hydrogen (secondary N) is 1. The third-order valence-electron chi connectivity index (χ3n) is 6.07. The smallest absolute Gasteiger partial charge is 0.194 e. The van der Waals surface area contributed by atoms with Gasteiger partial charge in [0.15, 0.2) is 5.96 Å². The van der Waals surface area contributed by atoms with Crippen molar-refractivity contribution in [3.63, 3.8) is 0 Å². The molecular formula is C24H40IN3O5. The minimum absolute atomic E-state index is 0. The number of guanidine groups is 1. The summed E-state index contributed by atoms with van der Waals surface area (Å²) in [6.45, 7) is 6.77. The number of halogens is 1. The van der Waals surface area contributed by atoms with Gasteiger partial charge in [-0.3, -0.25) is 0 Å². The Balaban J connectivity index is 0.00000385. The van der Waals surface area contributed by atoms with Crippen molar-refractivity contribution < 1.29 is 23.7 Å². The lowest BCUT2D eigenvalue weighted by Gasteiger charge is -2.35. The summed E-state index contributed by atoms with van der Waals surface area (Å²) in [6, 6.07) is 3.72. The summed E-state index contributed by atoms with van der Waals surface area (Å²) >= 11 is 0. The van der Waals surface area contributed by atoms with Crippen LogP contribution in [0.5, 0.6) is 17.2 Å². The van der Waals surface area contributed by atoms with E-state index in [1.54, 1.807) is 21.3 Å². The van der Waals surface area contributed by atoms with Crippen molar-refractivity contribution in [2.75, 3.05) is 54.2 Å². The first kappa shape index (κ1) is 27.8. The van der Waals surface area contributed by atoms with E-state index in [1.807, 2.05) is 12.1 Å². The van der Waals surface area contributed by atoms with E-state index in [4.69, 9.17) is 28.7 Å². The van der Waals surface area contributed by atoms with E-state index in [9.17, 15) is 0 Å². The van der Waals surface area contributed by atoms with Crippen LogP contribution in [-0.4, -0.2) is 77.2 Å². The normalized spacial score (nSPS) is 19.6. The van der Waals surface area contributed by atoms with Crippen LogP contribution in [0.15, 0.2) is 17.1 Å². The van der Waals surface area contributed by atoms with Crippen molar-refractivity contribution in [2.24, 2.45) is 4.99 Å². The number of ether oxygens (including phenoxy) is 5. The van der Waals surface area contributed by atoms with Gasteiger partial charge in [0, 0.05) is 38.4 Å². The van der Waals surface area contributed by atoms with Gasteiger partial charge in [0.1, 0.15) is 17.2 Å². The average Bonchev–Trinajstić information content (AvgIpc) is 2.85. The van der Waals surface area contributed by atoms with Gasteiger partial charge in [-0.25, -0.2) is 4.99 Å². The van der Waals surface area contributed by atoms with Crippen molar-refractivity contribution in [3.8, 4) is 17.2 Å². The lowest BCUT2D eigenvalue weighted by Crippen LogP contribution is -2.47. The minimum atomic E-state index is 0. The number of rotatable bonds is 9. The van der Waals surface area contributed by atoms with Crippen LogP contribution in [0.4, 0.5) is 0 Å². The molecule has 1 unspecified atom stereocenters. The maximum atomic E-state index is 6.17. The highest BCUT2D eigenvalue weighted by atomic mass is 127. The molecule has 2 saturated heterocycles. The highest BCUT2D eigenvalue weighted by Crippen LogP contribution is 2.34. The van der Waals surface area contributed by atoms with Gasteiger partial charge < -0.3 is 33.9 Å². The predicted molar refractivity (Wildman–Crippen MR) is 140 cm³/mol. The quantitative estimate of drug-likeness (QED) is 0.272. The fourth-order valence-corrected chi connectivity index (χ4v) is 4.23. The summed E-state index contributed by atoms with van der Waals surface area (Å²) in [5.74, 6) is 3.01. The van der Waals surface area contributed by atoms with Crippen LogP contribution in [0.25, 0.3) is 0 Å². The van der Waals surface area contributed by atoms with Crippen LogP contribution < -0.4 is 19.5 Å². The third-order valence-corrected chi connectivity index (χ3v) is 6.07. The molecule has 1 aromatic carbocycles. The van der Waals surface area contributed by atoms with Crippen LogP contribution in [0.3, 0.4) is 0 Å². The summed E-state index contributed by atoms with van der Waals surface area (Å²) < 4.78 is 28.4. The van der Waals surface area contributed by atoms with Gasteiger partial charge in [0.25, 0.3) is 0 Å². The number of piperidine rings is 1. The second kappa shape index (κ2) is 14.7. The number of methoxy groups -OCH3 is 3. The molecule has 2 heterocycles. The van der Waals surface area contributed by atoms with Gasteiger partial charge in [-0.2, -0.15) is 0 Å². The van der Waals surface area contributed by atoms with Crippen LogP contribution in [0.2, 0.25) is 0 Å². The summed E-state index contributed by atoms with van der Waals surface area (Å²) in [6.07, 6.45) is 6.10. The first-order valence-corrected chi connectivity index (χ1v) is 11.7.